The second kappa shape index (κ2) is 6.72. The highest BCUT2D eigenvalue weighted by Gasteiger charge is 2.22. The third-order valence-electron chi connectivity index (χ3n) is 4.04. The lowest BCUT2D eigenvalue weighted by Gasteiger charge is -2.23. The van der Waals surface area contributed by atoms with Crippen molar-refractivity contribution in [3.05, 3.63) is 42.5 Å². The van der Waals surface area contributed by atoms with E-state index in [-0.39, 0.29) is 10.8 Å². The van der Waals surface area contributed by atoms with Gasteiger partial charge < -0.3 is 9.30 Å². The predicted octanol–water partition coefficient (Wildman–Crippen LogP) is 1.82. The molecule has 0 bridgehead atoms. The zero-order chi connectivity index (χ0) is 16.3. The molecule has 0 amide bonds. The molecule has 6 nitrogen and oxygen atoms in total. The summed E-state index contributed by atoms with van der Waals surface area (Å²) in [7, 11) is -3.52. The molecule has 0 saturated carbocycles. The maximum Gasteiger partial charge on any atom is 0.240 e. The van der Waals surface area contributed by atoms with Crippen LogP contribution in [0.3, 0.4) is 0 Å². The molecule has 2 heterocycles. The number of aryl methyl sites for hydroxylation is 1. The van der Waals surface area contributed by atoms with E-state index >= 15 is 0 Å². The second-order valence-corrected chi connectivity index (χ2v) is 7.42. The molecule has 124 valence electrons. The fourth-order valence-electron chi connectivity index (χ4n) is 2.80. The van der Waals surface area contributed by atoms with Crippen LogP contribution in [0, 0.1) is 5.92 Å². The number of benzene rings is 1. The summed E-state index contributed by atoms with van der Waals surface area (Å²) in [5.41, 5.74) is 0. The molecule has 1 N–H and O–H groups in total. The lowest BCUT2D eigenvalue weighted by atomic mass is 9.98. The van der Waals surface area contributed by atoms with E-state index in [1.165, 1.54) is 0 Å². The molecule has 2 aromatic rings. The number of nitrogens with one attached hydrogen (secondary N) is 1. The summed E-state index contributed by atoms with van der Waals surface area (Å²) in [6.07, 6.45) is 5.51. The summed E-state index contributed by atoms with van der Waals surface area (Å²) < 4.78 is 35.1. The Morgan fingerprint density at radius 2 is 2.30 bits per heavy atom. The zero-order valence-corrected chi connectivity index (χ0v) is 13.9. The van der Waals surface area contributed by atoms with Crippen molar-refractivity contribution in [3.8, 4) is 5.75 Å². The molecular weight excluding hydrogens is 314 g/mol. The van der Waals surface area contributed by atoms with Crippen LogP contribution in [0.15, 0.2) is 41.6 Å². The van der Waals surface area contributed by atoms with Gasteiger partial charge in [-0.1, -0.05) is 6.07 Å². The molecule has 7 heteroatoms. The molecule has 1 atom stereocenters. The average molecular weight is 335 g/mol. The minimum Gasteiger partial charge on any atom is -0.494 e. The molecule has 0 spiro atoms. The molecule has 1 aliphatic heterocycles. The summed E-state index contributed by atoms with van der Waals surface area (Å²) in [6.45, 7) is 3.69. The Labute approximate surface area is 136 Å². The SMILES string of the molecule is CCOc1cccc(S(=O)(=O)NC[C@@H]2CCn3ccnc3C2)c1. The number of hydrogen-bond donors (Lipinski definition) is 1. The number of fused-ring (bicyclic) bond motifs is 1. The Morgan fingerprint density at radius 1 is 1.43 bits per heavy atom. The summed E-state index contributed by atoms with van der Waals surface area (Å²) in [6, 6.07) is 6.58. The van der Waals surface area contributed by atoms with E-state index in [1.807, 2.05) is 13.1 Å². The Hall–Kier alpha value is -1.86. The Balaban J connectivity index is 1.64. The monoisotopic (exact) mass is 335 g/mol. The van der Waals surface area contributed by atoms with Crippen molar-refractivity contribution in [1.29, 1.82) is 0 Å². The van der Waals surface area contributed by atoms with Gasteiger partial charge in [0.2, 0.25) is 10.0 Å². The lowest BCUT2D eigenvalue weighted by Crippen LogP contribution is -2.33. The first-order chi connectivity index (χ1) is 11.1. The van der Waals surface area contributed by atoms with Crippen molar-refractivity contribution in [2.24, 2.45) is 5.92 Å². The van der Waals surface area contributed by atoms with Gasteiger partial charge in [0, 0.05) is 38.0 Å². The highest BCUT2D eigenvalue weighted by atomic mass is 32.2. The van der Waals surface area contributed by atoms with E-state index in [1.54, 1.807) is 30.5 Å². The minimum absolute atomic E-state index is 0.237. The van der Waals surface area contributed by atoms with Crippen LogP contribution >= 0.6 is 0 Å². The number of aromatic nitrogens is 2. The topological polar surface area (TPSA) is 73.2 Å². The third kappa shape index (κ3) is 3.73. The van der Waals surface area contributed by atoms with Gasteiger partial charge in [0.15, 0.2) is 0 Å². The van der Waals surface area contributed by atoms with E-state index in [0.29, 0.717) is 18.9 Å². The van der Waals surface area contributed by atoms with Crippen LogP contribution < -0.4 is 9.46 Å². The van der Waals surface area contributed by atoms with Gasteiger partial charge in [-0.3, -0.25) is 0 Å². The fourth-order valence-corrected chi connectivity index (χ4v) is 3.95. The molecule has 0 radical (unpaired) electrons. The van der Waals surface area contributed by atoms with Crippen molar-refractivity contribution < 1.29 is 13.2 Å². The van der Waals surface area contributed by atoms with Crippen molar-refractivity contribution >= 4 is 10.0 Å². The number of imidazole rings is 1. The van der Waals surface area contributed by atoms with E-state index in [9.17, 15) is 8.42 Å². The first-order valence-corrected chi connectivity index (χ1v) is 9.29. The summed E-state index contributed by atoms with van der Waals surface area (Å²) >= 11 is 0. The van der Waals surface area contributed by atoms with Gasteiger partial charge in [-0.2, -0.15) is 0 Å². The third-order valence-corrected chi connectivity index (χ3v) is 5.46. The van der Waals surface area contributed by atoms with Gasteiger partial charge in [-0.25, -0.2) is 18.1 Å². The second-order valence-electron chi connectivity index (χ2n) is 5.66. The Morgan fingerprint density at radius 3 is 3.13 bits per heavy atom. The van der Waals surface area contributed by atoms with Crippen LogP contribution in [0.1, 0.15) is 19.2 Å². The van der Waals surface area contributed by atoms with Gasteiger partial charge >= 0.3 is 0 Å². The number of nitrogens with zero attached hydrogens (tertiary/aromatic N) is 2. The van der Waals surface area contributed by atoms with E-state index in [2.05, 4.69) is 14.3 Å². The highest BCUT2D eigenvalue weighted by molar-refractivity contribution is 7.89. The first kappa shape index (κ1) is 16.0. The van der Waals surface area contributed by atoms with E-state index < -0.39 is 10.0 Å². The molecule has 3 rings (SSSR count). The van der Waals surface area contributed by atoms with Crippen LogP contribution in [-0.4, -0.2) is 31.1 Å². The smallest absolute Gasteiger partial charge is 0.240 e. The predicted molar refractivity (Wildman–Crippen MR) is 86.8 cm³/mol. The molecule has 1 aromatic carbocycles. The highest BCUT2D eigenvalue weighted by Crippen LogP contribution is 2.20. The van der Waals surface area contributed by atoms with Gasteiger partial charge in [-0.15, -0.1) is 0 Å². The fraction of sp³-hybridized carbons (Fsp3) is 0.438. The number of sulfonamides is 1. The summed E-state index contributed by atoms with van der Waals surface area (Å²) in [4.78, 5) is 4.55. The number of ether oxygens (including phenoxy) is 1. The minimum atomic E-state index is -3.52. The molecule has 1 aromatic heterocycles. The van der Waals surface area contributed by atoms with Crippen molar-refractivity contribution in [3.63, 3.8) is 0 Å². The van der Waals surface area contributed by atoms with Crippen LogP contribution in [0.4, 0.5) is 0 Å². The van der Waals surface area contributed by atoms with Gasteiger partial charge in [0.25, 0.3) is 0 Å². The Kier molecular flexibility index (Phi) is 4.68. The van der Waals surface area contributed by atoms with Crippen LogP contribution in [0.2, 0.25) is 0 Å². The molecule has 1 aliphatic rings. The maximum absolute atomic E-state index is 12.4. The van der Waals surface area contributed by atoms with Gasteiger partial charge in [-0.05, 0) is 31.4 Å². The zero-order valence-electron chi connectivity index (χ0n) is 13.1. The van der Waals surface area contributed by atoms with Crippen molar-refractivity contribution in [1.82, 2.24) is 14.3 Å². The Bertz CT molecular complexity index is 770. The quantitative estimate of drug-likeness (QED) is 0.874. The molecule has 0 aliphatic carbocycles. The van der Waals surface area contributed by atoms with Gasteiger partial charge in [0.1, 0.15) is 11.6 Å². The van der Waals surface area contributed by atoms with Gasteiger partial charge in [0.05, 0.1) is 11.5 Å². The van der Waals surface area contributed by atoms with Crippen LogP contribution in [0.25, 0.3) is 0 Å². The van der Waals surface area contributed by atoms with E-state index in [0.717, 1.165) is 25.2 Å². The normalized spacial score (nSPS) is 17.7. The van der Waals surface area contributed by atoms with E-state index in [4.69, 9.17) is 4.74 Å². The largest absolute Gasteiger partial charge is 0.494 e. The molecule has 0 fully saturated rings. The number of hydrogen-bond acceptors (Lipinski definition) is 4. The van der Waals surface area contributed by atoms with Crippen LogP contribution in [0.5, 0.6) is 5.75 Å². The molecule has 0 unspecified atom stereocenters. The summed E-state index contributed by atoms with van der Waals surface area (Å²) in [5.74, 6) is 1.86. The van der Waals surface area contributed by atoms with Crippen molar-refractivity contribution in [2.75, 3.05) is 13.2 Å². The van der Waals surface area contributed by atoms with Crippen LogP contribution in [-0.2, 0) is 23.0 Å². The standard InChI is InChI=1S/C16H21N3O3S/c1-2-22-14-4-3-5-15(11-14)23(20,21)18-12-13-6-8-19-9-7-17-16(19)10-13/h3-5,7,9,11,13,18H,2,6,8,10,12H2,1H3/t13-/m1/s1. The molecule has 0 saturated heterocycles. The summed E-state index contributed by atoms with van der Waals surface area (Å²) in [5, 5.41) is 0. The molecular formula is C16H21N3O3S. The lowest BCUT2D eigenvalue weighted by molar-refractivity contribution is 0.339. The average Bonchev–Trinajstić information content (AvgIpc) is 3.01. The van der Waals surface area contributed by atoms with Crippen molar-refractivity contribution in [2.45, 2.75) is 31.2 Å². The first-order valence-electron chi connectivity index (χ1n) is 7.81. The number of rotatable bonds is 6. The molecule has 23 heavy (non-hydrogen) atoms. The maximum atomic E-state index is 12.4.